The average Bonchev–Trinajstić information content (AvgIpc) is 2.08. The molecular weight excluding hydrogens is 171 g/mol. The highest BCUT2D eigenvalue weighted by Gasteiger charge is 2.00. The van der Waals surface area contributed by atoms with Crippen LogP contribution in [0.15, 0.2) is 24.3 Å². The number of benzene rings is 1. The van der Waals surface area contributed by atoms with Crippen molar-refractivity contribution in [3.05, 3.63) is 30.1 Å². The molecule has 13 heavy (non-hydrogen) atoms. The van der Waals surface area contributed by atoms with Gasteiger partial charge in [-0.2, -0.15) is 0 Å². The van der Waals surface area contributed by atoms with Crippen molar-refractivity contribution in [2.24, 2.45) is 5.84 Å². The van der Waals surface area contributed by atoms with Gasteiger partial charge in [0.25, 0.3) is 0 Å². The van der Waals surface area contributed by atoms with Crippen LogP contribution in [0.25, 0.3) is 0 Å². The van der Waals surface area contributed by atoms with Crippen LogP contribution in [0.2, 0.25) is 0 Å². The predicted octanol–water partition coefficient (Wildman–Crippen LogP) is 1.01. The van der Waals surface area contributed by atoms with Crippen LogP contribution in [0.4, 0.5) is 4.39 Å². The minimum Gasteiger partial charge on any atom is -0.489 e. The third-order valence-electron chi connectivity index (χ3n) is 1.54. The van der Waals surface area contributed by atoms with Gasteiger partial charge in [0.05, 0.1) is 0 Å². The molecule has 0 fully saturated rings. The van der Waals surface area contributed by atoms with E-state index < -0.39 is 0 Å². The van der Waals surface area contributed by atoms with Gasteiger partial charge >= 0.3 is 0 Å². The standard InChI is InChI=1S/C9H13FN2O/c1-12(11)6-7-13-9-5-3-2-4-8(9)10/h2-5H,6-7,11H2,1H3. The Hall–Kier alpha value is -1.13. The quantitative estimate of drug-likeness (QED) is 0.560. The Bertz CT molecular complexity index is 266. The minimum absolute atomic E-state index is 0.268. The number of ether oxygens (including phenoxy) is 1. The number of likely N-dealkylation sites (N-methyl/N-ethyl adjacent to an activating group) is 1. The van der Waals surface area contributed by atoms with Gasteiger partial charge in [-0.25, -0.2) is 9.40 Å². The lowest BCUT2D eigenvalue weighted by atomic mass is 10.3. The number of para-hydroxylation sites is 1. The molecule has 0 saturated carbocycles. The smallest absolute Gasteiger partial charge is 0.165 e. The lowest BCUT2D eigenvalue weighted by Gasteiger charge is -2.10. The lowest BCUT2D eigenvalue weighted by Crippen LogP contribution is -2.30. The zero-order chi connectivity index (χ0) is 9.68. The van der Waals surface area contributed by atoms with Gasteiger partial charge in [-0.15, -0.1) is 0 Å². The molecule has 0 aliphatic carbocycles. The van der Waals surface area contributed by atoms with Gasteiger partial charge in [0, 0.05) is 13.6 Å². The fourth-order valence-electron chi connectivity index (χ4n) is 0.861. The molecule has 4 heteroatoms. The van der Waals surface area contributed by atoms with E-state index in [4.69, 9.17) is 10.6 Å². The van der Waals surface area contributed by atoms with E-state index in [2.05, 4.69) is 0 Å². The molecular formula is C9H13FN2O. The topological polar surface area (TPSA) is 38.5 Å². The van der Waals surface area contributed by atoms with Gasteiger partial charge in [-0.3, -0.25) is 5.84 Å². The molecule has 0 saturated heterocycles. The Balaban J connectivity index is 2.41. The number of nitrogens with zero attached hydrogens (tertiary/aromatic N) is 1. The van der Waals surface area contributed by atoms with E-state index in [1.54, 1.807) is 25.2 Å². The number of rotatable bonds is 4. The third-order valence-corrected chi connectivity index (χ3v) is 1.54. The molecule has 0 spiro atoms. The van der Waals surface area contributed by atoms with Gasteiger partial charge in [0.2, 0.25) is 0 Å². The molecule has 1 aromatic rings. The van der Waals surface area contributed by atoms with E-state index in [9.17, 15) is 4.39 Å². The summed E-state index contributed by atoms with van der Waals surface area (Å²) in [7, 11) is 1.73. The summed E-state index contributed by atoms with van der Waals surface area (Å²) in [6.07, 6.45) is 0. The molecule has 0 aromatic heterocycles. The zero-order valence-electron chi connectivity index (χ0n) is 7.53. The van der Waals surface area contributed by atoms with Crippen LogP contribution < -0.4 is 10.6 Å². The molecule has 1 aromatic carbocycles. The Labute approximate surface area is 76.9 Å². The number of nitrogens with two attached hydrogens (primary N) is 1. The van der Waals surface area contributed by atoms with E-state index in [0.29, 0.717) is 13.2 Å². The van der Waals surface area contributed by atoms with Crippen molar-refractivity contribution in [2.75, 3.05) is 20.2 Å². The van der Waals surface area contributed by atoms with E-state index in [1.807, 2.05) is 0 Å². The molecule has 72 valence electrons. The molecule has 3 nitrogen and oxygen atoms in total. The molecule has 0 bridgehead atoms. The second-order valence-electron chi connectivity index (χ2n) is 2.76. The summed E-state index contributed by atoms with van der Waals surface area (Å²) in [6.45, 7) is 0.947. The monoisotopic (exact) mass is 184 g/mol. The molecule has 0 atom stereocenters. The Morgan fingerprint density at radius 3 is 2.77 bits per heavy atom. The lowest BCUT2D eigenvalue weighted by molar-refractivity contribution is 0.234. The van der Waals surface area contributed by atoms with Crippen molar-refractivity contribution in [1.29, 1.82) is 0 Å². The van der Waals surface area contributed by atoms with Crippen LogP contribution >= 0.6 is 0 Å². The number of hydrogen-bond acceptors (Lipinski definition) is 3. The molecule has 2 N–H and O–H groups in total. The van der Waals surface area contributed by atoms with Crippen LogP contribution in [0.1, 0.15) is 0 Å². The molecule has 0 unspecified atom stereocenters. The minimum atomic E-state index is -0.345. The van der Waals surface area contributed by atoms with Crippen molar-refractivity contribution in [3.8, 4) is 5.75 Å². The molecule has 1 rings (SSSR count). The highest BCUT2D eigenvalue weighted by Crippen LogP contribution is 2.14. The predicted molar refractivity (Wildman–Crippen MR) is 48.7 cm³/mol. The van der Waals surface area contributed by atoms with E-state index in [-0.39, 0.29) is 11.6 Å². The largest absolute Gasteiger partial charge is 0.489 e. The molecule has 0 heterocycles. The normalized spacial score (nSPS) is 10.5. The summed E-state index contributed by atoms with van der Waals surface area (Å²) < 4.78 is 18.1. The van der Waals surface area contributed by atoms with E-state index in [0.717, 1.165) is 0 Å². The fraction of sp³-hybridized carbons (Fsp3) is 0.333. The van der Waals surface area contributed by atoms with Gasteiger partial charge in [0.15, 0.2) is 11.6 Å². The van der Waals surface area contributed by atoms with Crippen LogP contribution in [-0.4, -0.2) is 25.2 Å². The number of hydrogen-bond donors (Lipinski definition) is 1. The van der Waals surface area contributed by atoms with Crippen molar-refractivity contribution in [3.63, 3.8) is 0 Å². The van der Waals surface area contributed by atoms with E-state index >= 15 is 0 Å². The maximum absolute atomic E-state index is 12.9. The Morgan fingerprint density at radius 1 is 1.46 bits per heavy atom. The third kappa shape index (κ3) is 3.40. The highest BCUT2D eigenvalue weighted by molar-refractivity contribution is 5.23. The van der Waals surface area contributed by atoms with Crippen molar-refractivity contribution in [1.82, 2.24) is 5.01 Å². The first-order valence-electron chi connectivity index (χ1n) is 4.03. The van der Waals surface area contributed by atoms with Gasteiger partial charge in [-0.05, 0) is 12.1 Å². The van der Waals surface area contributed by atoms with Gasteiger partial charge in [0.1, 0.15) is 6.61 Å². The van der Waals surface area contributed by atoms with Crippen molar-refractivity contribution < 1.29 is 9.13 Å². The molecule has 0 aliphatic heterocycles. The molecule has 0 aliphatic rings. The number of hydrazine groups is 1. The van der Waals surface area contributed by atoms with Crippen LogP contribution in [0.3, 0.4) is 0 Å². The summed E-state index contributed by atoms with van der Waals surface area (Å²) in [5.41, 5.74) is 0. The summed E-state index contributed by atoms with van der Waals surface area (Å²) in [5.74, 6) is 5.28. The molecule has 0 radical (unpaired) electrons. The fourth-order valence-corrected chi connectivity index (χ4v) is 0.861. The average molecular weight is 184 g/mol. The highest BCUT2D eigenvalue weighted by atomic mass is 19.1. The zero-order valence-corrected chi connectivity index (χ0v) is 7.53. The summed E-state index contributed by atoms with van der Waals surface area (Å²) in [4.78, 5) is 0. The second kappa shape index (κ2) is 4.79. The maximum Gasteiger partial charge on any atom is 0.165 e. The SMILES string of the molecule is CN(N)CCOc1ccccc1F. The maximum atomic E-state index is 12.9. The second-order valence-corrected chi connectivity index (χ2v) is 2.76. The first kappa shape index (κ1) is 9.95. The van der Waals surface area contributed by atoms with Crippen molar-refractivity contribution in [2.45, 2.75) is 0 Å². The first-order valence-corrected chi connectivity index (χ1v) is 4.03. The first-order chi connectivity index (χ1) is 6.20. The molecule has 0 amide bonds. The van der Waals surface area contributed by atoms with E-state index in [1.165, 1.54) is 11.1 Å². The van der Waals surface area contributed by atoms with Crippen molar-refractivity contribution >= 4 is 0 Å². The van der Waals surface area contributed by atoms with Crippen LogP contribution in [0, 0.1) is 5.82 Å². The van der Waals surface area contributed by atoms with Crippen LogP contribution in [-0.2, 0) is 0 Å². The summed E-state index contributed by atoms with van der Waals surface area (Å²) >= 11 is 0. The summed E-state index contributed by atoms with van der Waals surface area (Å²) in [5, 5.41) is 1.49. The van der Waals surface area contributed by atoms with Gasteiger partial charge < -0.3 is 4.74 Å². The van der Waals surface area contributed by atoms with Crippen LogP contribution in [0.5, 0.6) is 5.75 Å². The van der Waals surface area contributed by atoms with Gasteiger partial charge in [-0.1, -0.05) is 12.1 Å². The number of halogens is 1. The Kier molecular flexibility index (Phi) is 3.67. The summed E-state index contributed by atoms with van der Waals surface area (Å²) in [6, 6.07) is 6.30. The Morgan fingerprint density at radius 2 is 2.15 bits per heavy atom.